The maximum atomic E-state index is 9.07. The topological polar surface area (TPSA) is 72.0 Å². The van der Waals surface area contributed by atoms with E-state index in [4.69, 9.17) is 10.8 Å². The molecule has 0 spiro atoms. The Balaban J connectivity index is 3.05. The van der Waals surface area contributed by atoms with E-state index in [0.29, 0.717) is 16.1 Å². The van der Waals surface area contributed by atoms with E-state index in [1.807, 2.05) is 0 Å². The number of halogens is 1. The highest BCUT2D eigenvalue weighted by atomic mass is 79.9. The van der Waals surface area contributed by atoms with Crippen molar-refractivity contribution in [1.82, 2.24) is 9.97 Å². The fraction of sp³-hybridized carbons (Fsp3) is 0.333. The van der Waals surface area contributed by atoms with Crippen LogP contribution in [0.25, 0.3) is 0 Å². The van der Waals surface area contributed by atoms with E-state index < -0.39 is 6.10 Å². The Morgan fingerprint density at radius 3 is 2.82 bits per heavy atom. The van der Waals surface area contributed by atoms with Gasteiger partial charge in [-0.2, -0.15) is 0 Å². The van der Waals surface area contributed by atoms with E-state index in [1.165, 1.54) is 6.20 Å². The average molecular weight is 218 g/mol. The monoisotopic (exact) mass is 217 g/mol. The summed E-state index contributed by atoms with van der Waals surface area (Å²) in [6, 6.07) is 0. The molecule has 0 saturated heterocycles. The summed E-state index contributed by atoms with van der Waals surface area (Å²) in [5, 5.41) is 9.07. The number of nitrogens with two attached hydrogens (primary N) is 1. The molecule has 0 saturated carbocycles. The molecule has 1 heterocycles. The highest BCUT2D eigenvalue weighted by molar-refractivity contribution is 9.10. The summed E-state index contributed by atoms with van der Waals surface area (Å²) in [7, 11) is 0. The van der Waals surface area contributed by atoms with Crippen molar-refractivity contribution in [3.05, 3.63) is 16.5 Å². The first-order chi connectivity index (χ1) is 5.11. The van der Waals surface area contributed by atoms with Gasteiger partial charge in [0.1, 0.15) is 4.60 Å². The summed E-state index contributed by atoms with van der Waals surface area (Å²) in [5.41, 5.74) is 5.89. The number of hydrogen-bond donors (Lipinski definition) is 2. The van der Waals surface area contributed by atoms with Crippen LogP contribution in [0.3, 0.4) is 0 Å². The molecular weight excluding hydrogens is 210 g/mol. The van der Waals surface area contributed by atoms with Gasteiger partial charge in [0.15, 0.2) is 5.82 Å². The minimum Gasteiger partial charge on any atom is -0.387 e. The van der Waals surface area contributed by atoms with Gasteiger partial charge in [0.05, 0.1) is 18.0 Å². The van der Waals surface area contributed by atoms with Crippen LogP contribution in [0.1, 0.15) is 18.7 Å². The third-order valence-corrected chi connectivity index (χ3v) is 1.79. The summed E-state index contributed by atoms with van der Waals surface area (Å²) in [6.07, 6.45) is 0.837. The van der Waals surface area contributed by atoms with Crippen LogP contribution in [0.4, 0.5) is 5.82 Å². The van der Waals surface area contributed by atoms with E-state index in [2.05, 4.69) is 25.9 Å². The minimum atomic E-state index is -0.612. The molecule has 60 valence electrons. The van der Waals surface area contributed by atoms with Crippen molar-refractivity contribution in [3.63, 3.8) is 0 Å². The standard InChI is InChI=1S/C6H8BrN3O/c1-3(11)4-2-9-6(8)5(7)10-4/h2-3,11H,1H3,(H2,8,9). The lowest BCUT2D eigenvalue weighted by Crippen LogP contribution is -2.00. The molecule has 1 atom stereocenters. The number of nitrogens with zero attached hydrogens (tertiary/aromatic N) is 2. The fourth-order valence-electron chi connectivity index (χ4n) is 0.590. The Morgan fingerprint density at radius 2 is 2.36 bits per heavy atom. The molecule has 0 bridgehead atoms. The summed E-state index contributed by atoms with van der Waals surface area (Å²) in [6.45, 7) is 1.62. The molecule has 0 aliphatic carbocycles. The molecule has 0 fully saturated rings. The second kappa shape index (κ2) is 3.15. The summed E-state index contributed by atoms with van der Waals surface area (Å²) in [4.78, 5) is 7.76. The van der Waals surface area contributed by atoms with Crippen molar-refractivity contribution in [2.24, 2.45) is 0 Å². The summed E-state index contributed by atoms with van der Waals surface area (Å²) >= 11 is 3.10. The zero-order valence-corrected chi connectivity index (χ0v) is 7.54. The van der Waals surface area contributed by atoms with Crippen LogP contribution in [0, 0.1) is 0 Å². The van der Waals surface area contributed by atoms with Gasteiger partial charge in [-0.05, 0) is 22.9 Å². The largest absolute Gasteiger partial charge is 0.387 e. The highest BCUT2D eigenvalue weighted by Crippen LogP contribution is 2.16. The van der Waals surface area contributed by atoms with Crippen LogP contribution < -0.4 is 5.73 Å². The maximum Gasteiger partial charge on any atom is 0.156 e. The van der Waals surface area contributed by atoms with E-state index >= 15 is 0 Å². The zero-order valence-electron chi connectivity index (χ0n) is 5.95. The molecule has 0 aliphatic rings. The Kier molecular flexibility index (Phi) is 2.41. The number of rotatable bonds is 1. The van der Waals surface area contributed by atoms with Gasteiger partial charge in [-0.1, -0.05) is 0 Å². The quantitative estimate of drug-likeness (QED) is 0.733. The zero-order chi connectivity index (χ0) is 8.43. The normalized spacial score (nSPS) is 13.0. The second-order valence-electron chi connectivity index (χ2n) is 2.15. The van der Waals surface area contributed by atoms with Gasteiger partial charge in [-0.3, -0.25) is 0 Å². The van der Waals surface area contributed by atoms with E-state index in [0.717, 1.165) is 0 Å². The minimum absolute atomic E-state index is 0.328. The SMILES string of the molecule is CC(O)c1cnc(N)c(Br)n1. The van der Waals surface area contributed by atoms with Crippen LogP contribution >= 0.6 is 15.9 Å². The molecule has 0 aliphatic heterocycles. The third kappa shape index (κ3) is 1.87. The van der Waals surface area contributed by atoms with E-state index in [-0.39, 0.29) is 0 Å². The second-order valence-corrected chi connectivity index (χ2v) is 2.90. The Labute approximate surface area is 72.6 Å². The highest BCUT2D eigenvalue weighted by Gasteiger charge is 2.05. The fourth-order valence-corrected chi connectivity index (χ4v) is 0.897. The number of aliphatic hydroxyl groups is 1. The van der Waals surface area contributed by atoms with Crippen molar-refractivity contribution in [3.8, 4) is 0 Å². The molecule has 1 unspecified atom stereocenters. The molecule has 5 heteroatoms. The number of nitrogen functional groups attached to an aromatic ring is 1. The molecule has 0 aromatic carbocycles. The first-order valence-electron chi connectivity index (χ1n) is 3.07. The van der Waals surface area contributed by atoms with Crippen LogP contribution in [0.2, 0.25) is 0 Å². The number of aliphatic hydroxyl groups excluding tert-OH is 1. The smallest absolute Gasteiger partial charge is 0.156 e. The van der Waals surface area contributed by atoms with Gasteiger partial charge >= 0.3 is 0 Å². The lowest BCUT2D eigenvalue weighted by molar-refractivity contribution is 0.193. The van der Waals surface area contributed by atoms with E-state index in [1.54, 1.807) is 6.92 Å². The molecule has 11 heavy (non-hydrogen) atoms. The summed E-state index contributed by atoms with van der Waals surface area (Å²) < 4.78 is 0.468. The predicted octanol–water partition coefficient (Wildman–Crippen LogP) is 0.875. The van der Waals surface area contributed by atoms with Crippen molar-refractivity contribution in [2.75, 3.05) is 5.73 Å². The molecule has 0 amide bonds. The van der Waals surface area contributed by atoms with Gasteiger partial charge in [-0.25, -0.2) is 9.97 Å². The van der Waals surface area contributed by atoms with Crippen LogP contribution in [0.15, 0.2) is 10.8 Å². The number of aromatic nitrogens is 2. The maximum absolute atomic E-state index is 9.07. The van der Waals surface area contributed by atoms with E-state index in [9.17, 15) is 0 Å². The third-order valence-electron chi connectivity index (χ3n) is 1.20. The first kappa shape index (κ1) is 8.42. The number of hydrogen-bond acceptors (Lipinski definition) is 4. The Bertz CT molecular complexity index is 264. The van der Waals surface area contributed by atoms with Gasteiger partial charge in [0.25, 0.3) is 0 Å². The molecule has 3 N–H and O–H groups in total. The van der Waals surface area contributed by atoms with Gasteiger partial charge in [-0.15, -0.1) is 0 Å². The number of anilines is 1. The molecule has 4 nitrogen and oxygen atoms in total. The molecular formula is C6H8BrN3O. The van der Waals surface area contributed by atoms with Crippen molar-refractivity contribution < 1.29 is 5.11 Å². The van der Waals surface area contributed by atoms with Crippen molar-refractivity contribution >= 4 is 21.7 Å². The van der Waals surface area contributed by atoms with Gasteiger partial charge in [0, 0.05) is 0 Å². The first-order valence-corrected chi connectivity index (χ1v) is 3.86. The van der Waals surface area contributed by atoms with Crippen molar-refractivity contribution in [1.29, 1.82) is 0 Å². The van der Waals surface area contributed by atoms with Crippen LogP contribution in [-0.2, 0) is 0 Å². The van der Waals surface area contributed by atoms with Gasteiger partial charge < -0.3 is 10.8 Å². The summed E-state index contributed by atoms with van der Waals surface area (Å²) in [5.74, 6) is 0.328. The lowest BCUT2D eigenvalue weighted by Gasteiger charge is -2.03. The average Bonchev–Trinajstić information content (AvgIpc) is 1.94. The molecule has 1 aromatic heterocycles. The predicted molar refractivity (Wildman–Crippen MR) is 44.8 cm³/mol. The molecule has 0 radical (unpaired) electrons. The molecule has 1 rings (SSSR count). The van der Waals surface area contributed by atoms with Crippen LogP contribution in [0.5, 0.6) is 0 Å². The lowest BCUT2D eigenvalue weighted by atomic mass is 10.3. The van der Waals surface area contributed by atoms with Crippen LogP contribution in [-0.4, -0.2) is 15.1 Å². The van der Waals surface area contributed by atoms with Gasteiger partial charge in [0.2, 0.25) is 0 Å². The molecule has 1 aromatic rings. The van der Waals surface area contributed by atoms with Crippen molar-refractivity contribution in [2.45, 2.75) is 13.0 Å². The Hall–Kier alpha value is -0.680. The Morgan fingerprint density at radius 1 is 1.73 bits per heavy atom.